The first kappa shape index (κ1) is 12.4. The summed E-state index contributed by atoms with van der Waals surface area (Å²) in [5.74, 6) is 0. The third kappa shape index (κ3) is 2.60. The Morgan fingerprint density at radius 1 is 1.00 bits per heavy atom. The first-order valence-electron chi connectivity index (χ1n) is 4.67. The molecule has 0 saturated heterocycles. The van der Waals surface area contributed by atoms with Crippen molar-refractivity contribution >= 4 is 41.1 Å². The molecule has 0 atom stereocenters. The van der Waals surface area contributed by atoms with Crippen LogP contribution in [0.15, 0.2) is 30.6 Å². The lowest BCUT2D eigenvalue weighted by Gasteiger charge is -2.07. The van der Waals surface area contributed by atoms with Crippen LogP contribution in [0.4, 0.5) is 0 Å². The molecule has 0 aliphatic carbocycles. The number of hydrogen-bond acceptors (Lipinski definition) is 2. The van der Waals surface area contributed by atoms with Gasteiger partial charge in [0.25, 0.3) is 0 Å². The maximum atomic E-state index is 10.7. The van der Waals surface area contributed by atoms with Crippen LogP contribution in [0.3, 0.4) is 0 Å². The standard InChI is InChI=1S/C12H6Cl3NO/c13-9-2-10(14)12(11(15)3-9)8-1-7(6-17)4-16-5-8/h1-6H. The Bertz CT molecular complexity index is 561. The Hall–Kier alpha value is -1.09. The van der Waals surface area contributed by atoms with Gasteiger partial charge in [0.05, 0.1) is 10.0 Å². The van der Waals surface area contributed by atoms with Crippen LogP contribution in [0.1, 0.15) is 10.4 Å². The predicted molar refractivity (Wildman–Crippen MR) is 70.1 cm³/mol. The molecule has 0 amide bonds. The Labute approximate surface area is 113 Å². The highest BCUT2D eigenvalue weighted by atomic mass is 35.5. The minimum Gasteiger partial charge on any atom is -0.298 e. The van der Waals surface area contributed by atoms with Crippen LogP contribution in [0.5, 0.6) is 0 Å². The summed E-state index contributed by atoms with van der Waals surface area (Å²) in [7, 11) is 0. The SMILES string of the molecule is O=Cc1cncc(-c2c(Cl)cc(Cl)cc2Cl)c1. The number of aldehydes is 1. The fourth-order valence-electron chi connectivity index (χ4n) is 1.48. The van der Waals surface area contributed by atoms with Gasteiger partial charge in [0.1, 0.15) is 0 Å². The Balaban J connectivity index is 2.63. The molecule has 1 aromatic carbocycles. The van der Waals surface area contributed by atoms with Gasteiger partial charge in [-0.15, -0.1) is 0 Å². The summed E-state index contributed by atoms with van der Waals surface area (Å²) in [6.07, 6.45) is 3.77. The Kier molecular flexibility index (Phi) is 3.67. The van der Waals surface area contributed by atoms with E-state index in [1.54, 1.807) is 24.4 Å². The second kappa shape index (κ2) is 5.05. The maximum absolute atomic E-state index is 10.7. The van der Waals surface area contributed by atoms with Crippen LogP contribution in [0.2, 0.25) is 15.1 Å². The molecule has 1 aromatic heterocycles. The molecule has 86 valence electrons. The lowest BCUT2D eigenvalue weighted by Crippen LogP contribution is -1.87. The zero-order valence-electron chi connectivity index (χ0n) is 8.45. The molecule has 0 radical (unpaired) electrons. The molecule has 5 heteroatoms. The number of carbonyl (C=O) groups excluding carboxylic acids is 1. The average molecular weight is 287 g/mol. The van der Waals surface area contributed by atoms with Crippen LogP contribution >= 0.6 is 34.8 Å². The zero-order chi connectivity index (χ0) is 12.4. The average Bonchev–Trinajstić information content (AvgIpc) is 2.28. The van der Waals surface area contributed by atoms with E-state index in [2.05, 4.69) is 4.98 Å². The minimum absolute atomic E-state index is 0.423. The van der Waals surface area contributed by atoms with E-state index >= 15 is 0 Å². The van der Waals surface area contributed by atoms with Gasteiger partial charge < -0.3 is 0 Å². The van der Waals surface area contributed by atoms with E-state index in [0.29, 0.717) is 38.0 Å². The van der Waals surface area contributed by atoms with Crippen molar-refractivity contribution in [1.29, 1.82) is 0 Å². The van der Waals surface area contributed by atoms with E-state index in [1.165, 1.54) is 6.20 Å². The number of nitrogens with zero attached hydrogens (tertiary/aromatic N) is 1. The number of rotatable bonds is 2. The smallest absolute Gasteiger partial charge is 0.151 e. The van der Waals surface area contributed by atoms with Crippen molar-refractivity contribution < 1.29 is 4.79 Å². The van der Waals surface area contributed by atoms with Crippen molar-refractivity contribution in [3.05, 3.63) is 51.2 Å². The van der Waals surface area contributed by atoms with Crippen LogP contribution in [0.25, 0.3) is 11.1 Å². The molecule has 2 rings (SSSR count). The number of halogens is 3. The van der Waals surface area contributed by atoms with Gasteiger partial charge in [0, 0.05) is 34.1 Å². The van der Waals surface area contributed by atoms with E-state index < -0.39 is 0 Å². The van der Waals surface area contributed by atoms with E-state index in [0.717, 1.165) is 0 Å². The third-order valence-corrected chi connectivity index (χ3v) is 3.01. The summed E-state index contributed by atoms with van der Waals surface area (Å²) >= 11 is 18.0. The van der Waals surface area contributed by atoms with Crippen LogP contribution in [0, 0.1) is 0 Å². The fraction of sp³-hybridized carbons (Fsp3) is 0. The Morgan fingerprint density at radius 3 is 2.24 bits per heavy atom. The van der Waals surface area contributed by atoms with Crippen molar-refractivity contribution in [3.8, 4) is 11.1 Å². The van der Waals surface area contributed by atoms with E-state index in [-0.39, 0.29) is 0 Å². The molecule has 2 nitrogen and oxygen atoms in total. The summed E-state index contributed by atoms with van der Waals surface area (Å²) in [6, 6.07) is 4.86. The highest BCUT2D eigenvalue weighted by molar-refractivity contribution is 6.41. The molecular formula is C12H6Cl3NO. The lowest BCUT2D eigenvalue weighted by atomic mass is 10.1. The van der Waals surface area contributed by atoms with Crippen molar-refractivity contribution in [3.63, 3.8) is 0 Å². The molecule has 0 aliphatic rings. The van der Waals surface area contributed by atoms with Crippen molar-refractivity contribution in [1.82, 2.24) is 4.98 Å². The molecule has 0 unspecified atom stereocenters. The second-order valence-electron chi connectivity index (χ2n) is 3.37. The lowest BCUT2D eigenvalue weighted by molar-refractivity contribution is 0.112. The summed E-state index contributed by atoms with van der Waals surface area (Å²) in [4.78, 5) is 14.6. The van der Waals surface area contributed by atoms with Crippen molar-refractivity contribution in [2.24, 2.45) is 0 Å². The first-order chi connectivity index (χ1) is 8.11. The van der Waals surface area contributed by atoms with Gasteiger partial charge in [-0.05, 0) is 18.2 Å². The molecule has 17 heavy (non-hydrogen) atoms. The second-order valence-corrected chi connectivity index (χ2v) is 4.62. The molecule has 0 spiro atoms. The number of hydrogen-bond donors (Lipinski definition) is 0. The predicted octanol–water partition coefficient (Wildman–Crippen LogP) is 4.52. The molecule has 1 heterocycles. The number of benzene rings is 1. The molecule has 0 saturated carbocycles. The Morgan fingerprint density at radius 2 is 1.65 bits per heavy atom. The van der Waals surface area contributed by atoms with Crippen LogP contribution in [-0.4, -0.2) is 11.3 Å². The molecular weight excluding hydrogens is 280 g/mol. The van der Waals surface area contributed by atoms with Crippen LogP contribution in [-0.2, 0) is 0 Å². The maximum Gasteiger partial charge on any atom is 0.151 e. The number of carbonyl (C=O) groups is 1. The molecule has 2 aromatic rings. The van der Waals surface area contributed by atoms with Gasteiger partial charge >= 0.3 is 0 Å². The summed E-state index contributed by atoms with van der Waals surface area (Å²) in [5.41, 5.74) is 1.76. The largest absolute Gasteiger partial charge is 0.298 e. The summed E-state index contributed by atoms with van der Waals surface area (Å²) in [6.45, 7) is 0. The van der Waals surface area contributed by atoms with E-state index in [1.807, 2.05) is 0 Å². The quantitative estimate of drug-likeness (QED) is 0.760. The van der Waals surface area contributed by atoms with Gasteiger partial charge in [0.15, 0.2) is 6.29 Å². The highest BCUT2D eigenvalue weighted by Gasteiger charge is 2.10. The van der Waals surface area contributed by atoms with Crippen LogP contribution < -0.4 is 0 Å². The van der Waals surface area contributed by atoms with Gasteiger partial charge in [-0.2, -0.15) is 0 Å². The van der Waals surface area contributed by atoms with Gasteiger partial charge in [0.2, 0.25) is 0 Å². The molecule has 0 N–H and O–H groups in total. The van der Waals surface area contributed by atoms with Crippen molar-refractivity contribution in [2.45, 2.75) is 0 Å². The van der Waals surface area contributed by atoms with Gasteiger partial charge in [-0.3, -0.25) is 9.78 Å². The van der Waals surface area contributed by atoms with Crippen molar-refractivity contribution in [2.75, 3.05) is 0 Å². The molecule has 0 fully saturated rings. The van der Waals surface area contributed by atoms with E-state index in [4.69, 9.17) is 34.8 Å². The third-order valence-electron chi connectivity index (χ3n) is 2.19. The van der Waals surface area contributed by atoms with E-state index in [9.17, 15) is 4.79 Å². The summed E-state index contributed by atoms with van der Waals surface area (Å²) in [5, 5.41) is 1.31. The molecule has 0 aliphatic heterocycles. The summed E-state index contributed by atoms with van der Waals surface area (Å²) < 4.78 is 0. The topological polar surface area (TPSA) is 30.0 Å². The normalized spacial score (nSPS) is 10.3. The number of pyridine rings is 1. The van der Waals surface area contributed by atoms with Gasteiger partial charge in [-0.25, -0.2) is 0 Å². The monoisotopic (exact) mass is 285 g/mol. The van der Waals surface area contributed by atoms with Gasteiger partial charge in [-0.1, -0.05) is 34.8 Å². The zero-order valence-corrected chi connectivity index (χ0v) is 10.7. The number of aromatic nitrogens is 1. The first-order valence-corrected chi connectivity index (χ1v) is 5.80. The fourth-order valence-corrected chi connectivity index (χ4v) is 2.51. The highest BCUT2D eigenvalue weighted by Crippen LogP contribution is 2.36. The molecule has 0 bridgehead atoms. The minimum atomic E-state index is 0.423.